The van der Waals surface area contributed by atoms with E-state index < -0.39 is 0 Å². The van der Waals surface area contributed by atoms with Crippen molar-refractivity contribution in [2.45, 2.75) is 44.9 Å². The Balaban J connectivity index is 1.31. The fourth-order valence-corrected chi connectivity index (χ4v) is 3.82. The maximum Gasteiger partial charge on any atom is 0.228 e. The minimum absolute atomic E-state index is 0.328. The van der Waals surface area contributed by atoms with Crippen molar-refractivity contribution >= 4 is 23.2 Å². The number of nitrogens with zero attached hydrogens (tertiary/aromatic N) is 3. The largest absolute Gasteiger partial charge is 0.324 e. The zero-order valence-electron chi connectivity index (χ0n) is 13.2. The Bertz CT molecular complexity index is 822. The molecule has 0 radical (unpaired) electrons. The van der Waals surface area contributed by atoms with Crippen LogP contribution in [-0.2, 0) is 12.8 Å². The predicted molar refractivity (Wildman–Crippen MR) is 92.6 cm³/mol. The van der Waals surface area contributed by atoms with Crippen LogP contribution in [0.3, 0.4) is 0 Å². The van der Waals surface area contributed by atoms with E-state index in [0.717, 1.165) is 24.0 Å². The van der Waals surface area contributed by atoms with Crippen LogP contribution in [0, 0.1) is 10.8 Å². The molecule has 3 fully saturated rings. The van der Waals surface area contributed by atoms with Crippen LogP contribution >= 0.6 is 0 Å². The van der Waals surface area contributed by atoms with Gasteiger partial charge in [0.25, 0.3) is 0 Å². The van der Waals surface area contributed by atoms with E-state index in [1.165, 1.54) is 61.8 Å². The summed E-state index contributed by atoms with van der Waals surface area (Å²) in [6.45, 7) is 0.971. The number of nitrogens with one attached hydrogen (secondary N) is 1. The molecule has 0 unspecified atom stereocenters. The summed E-state index contributed by atoms with van der Waals surface area (Å²) in [5.74, 6) is 1.78. The van der Waals surface area contributed by atoms with Gasteiger partial charge in [-0.25, -0.2) is 4.99 Å². The number of aliphatic imine (C=N–C) groups is 3. The molecule has 0 bridgehead atoms. The van der Waals surface area contributed by atoms with Crippen molar-refractivity contribution in [1.82, 2.24) is 0 Å². The second-order valence-corrected chi connectivity index (χ2v) is 7.98. The van der Waals surface area contributed by atoms with Gasteiger partial charge in [-0.3, -0.25) is 4.99 Å². The molecule has 2 spiro atoms. The van der Waals surface area contributed by atoms with Crippen LogP contribution < -0.4 is 5.32 Å². The van der Waals surface area contributed by atoms with E-state index >= 15 is 0 Å². The predicted octanol–water partition coefficient (Wildman–Crippen LogP) is 3.37. The molecule has 4 aliphatic carbocycles. The third-order valence-electron chi connectivity index (χ3n) is 6.28. The van der Waals surface area contributed by atoms with Crippen LogP contribution in [0.25, 0.3) is 0 Å². The number of aryl methyl sites for hydroxylation is 2. The fourth-order valence-electron chi connectivity index (χ4n) is 3.82. The third kappa shape index (κ3) is 1.87. The minimum atomic E-state index is 0.328. The Morgan fingerprint density at radius 2 is 1.87 bits per heavy atom. The van der Waals surface area contributed by atoms with Crippen molar-refractivity contribution in [2.24, 2.45) is 25.8 Å². The molecule has 0 aromatic heterocycles. The van der Waals surface area contributed by atoms with Crippen molar-refractivity contribution < 1.29 is 0 Å². The van der Waals surface area contributed by atoms with E-state index in [-0.39, 0.29) is 0 Å². The molecule has 5 aliphatic rings. The van der Waals surface area contributed by atoms with Crippen LogP contribution in [0.2, 0.25) is 0 Å². The van der Waals surface area contributed by atoms with Crippen LogP contribution in [0.1, 0.15) is 43.2 Å². The van der Waals surface area contributed by atoms with Gasteiger partial charge in [0.1, 0.15) is 5.84 Å². The molecule has 0 saturated heterocycles. The molecule has 1 aromatic rings. The number of benzene rings is 1. The Kier molecular flexibility index (Phi) is 2.12. The van der Waals surface area contributed by atoms with Gasteiger partial charge in [-0.1, -0.05) is 6.07 Å². The maximum atomic E-state index is 4.86. The van der Waals surface area contributed by atoms with E-state index in [4.69, 9.17) is 9.98 Å². The first-order valence-electron chi connectivity index (χ1n) is 8.85. The van der Waals surface area contributed by atoms with Gasteiger partial charge >= 0.3 is 0 Å². The van der Waals surface area contributed by atoms with Gasteiger partial charge in [0.2, 0.25) is 5.96 Å². The van der Waals surface area contributed by atoms with Crippen molar-refractivity contribution in [3.8, 4) is 0 Å². The van der Waals surface area contributed by atoms with Crippen LogP contribution in [0.15, 0.2) is 33.2 Å². The van der Waals surface area contributed by atoms with Crippen molar-refractivity contribution in [3.05, 3.63) is 29.3 Å². The first-order chi connectivity index (χ1) is 11.2. The van der Waals surface area contributed by atoms with Gasteiger partial charge in [-0.2, -0.15) is 4.99 Å². The third-order valence-corrected chi connectivity index (χ3v) is 6.28. The lowest BCUT2D eigenvalue weighted by atomic mass is 9.88. The summed E-state index contributed by atoms with van der Waals surface area (Å²) in [6, 6.07) is 6.64. The normalized spacial score (nSPS) is 28.8. The molecule has 6 rings (SSSR count). The Morgan fingerprint density at radius 1 is 1.04 bits per heavy atom. The highest BCUT2D eigenvalue weighted by Crippen LogP contribution is 2.63. The smallest absolute Gasteiger partial charge is 0.228 e. The van der Waals surface area contributed by atoms with Gasteiger partial charge in [0.15, 0.2) is 0 Å². The maximum absolute atomic E-state index is 4.86. The van der Waals surface area contributed by atoms with E-state index in [0.29, 0.717) is 10.8 Å². The lowest BCUT2D eigenvalue weighted by Gasteiger charge is -2.22. The first-order valence-corrected chi connectivity index (χ1v) is 8.85. The molecule has 1 N–H and O–H groups in total. The summed E-state index contributed by atoms with van der Waals surface area (Å²) in [5.41, 5.74) is 6.22. The van der Waals surface area contributed by atoms with Crippen LogP contribution in [0.4, 0.5) is 5.69 Å². The Labute approximate surface area is 135 Å². The van der Waals surface area contributed by atoms with Crippen molar-refractivity contribution in [2.75, 3.05) is 11.9 Å². The number of hydrogen-bond donors (Lipinski definition) is 1. The SMILES string of the molecule is c1cc2c(cc1NC(=NC1=NCC13CC3)N=C1CC13CC3)CC2. The van der Waals surface area contributed by atoms with Crippen molar-refractivity contribution in [3.63, 3.8) is 0 Å². The molecular formula is C19H20N4. The first kappa shape index (κ1) is 12.5. The molecule has 4 nitrogen and oxygen atoms in total. The zero-order chi connectivity index (χ0) is 15.1. The average molecular weight is 304 g/mol. The highest BCUT2D eigenvalue weighted by molar-refractivity contribution is 6.17. The molecular weight excluding hydrogens is 284 g/mol. The highest BCUT2D eigenvalue weighted by atomic mass is 15.2. The monoisotopic (exact) mass is 304 g/mol. The number of rotatable bonds is 1. The summed E-state index contributed by atoms with van der Waals surface area (Å²) in [4.78, 5) is 14.2. The fraction of sp³-hybridized carbons (Fsp3) is 0.526. The minimum Gasteiger partial charge on any atom is -0.324 e. The van der Waals surface area contributed by atoms with Gasteiger partial charge in [-0.15, -0.1) is 0 Å². The summed E-state index contributed by atoms with van der Waals surface area (Å²) >= 11 is 0. The van der Waals surface area contributed by atoms with Gasteiger partial charge < -0.3 is 5.32 Å². The second-order valence-electron chi connectivity index (χ2n) is 7.98. The molecule has 1 heterocycles. The van der Waals surface area contributed by atoms with Gasteiger partial charge in [0, 0.05) is 22.2 Å². The van der Waals surface area contributed by atoms with Gasteiger partial charge in [-0.05, 0) is 68.2 Å². The molecule has 0 amide bonds. The van der Waals surface area contributed by atoms with Crippen LogP contribution in [0.5, 0.6) is 0 Å². The molecule has 1 aromatic carbocycles. The summed E-state index contributed by atoms with van der Waals surface area (Å²) in [6.07, 6.45) is 8.75. The topological polar surface area (TPSA) is 49.1 Å². The molecule has 23 heavy (non-hydrogen) atoms. The standard InChI is InChI=1S/C19H20N4/c1-2-13-9-14(4-3-12(1)13)21-17(22-15-10-18(15)5-6-18)23-16-19(7-8-19)11-20-16/h3-4,9H,1-2,5-8,10-11H2,(H,20,21,23). The van der Waals surface area contributed by atoms with Crippen LogP contribution in [-0.4, -0.2) is 24.1 Å². The Morgan fingerprint density at radius 3 is 2.43 bits per heavy atom. The molecule has 116 valence electrons. The lowest BCUT2D eigenvalue weighted by molar-refractivity contribution is 0.634. The van der Waals surface area contributed by atoms with E-state index in [9.17, 15) is 0 Å². The molecule has 4 heteroatoms. The molecule has 0 atom stereocenters. The molecule has 1 aliphatic heterocycles. The lowest BCUT2D eigenvalue weighted by Crippen LogP contribution is -2.29. The zero-order valence-corrected chi connectivity index (χ0v) is 13.2. The average Bonchev–Trinajstić information content (AvgIpc) is 3.39. The molecule has 3 saturated carbocycles. The van der Waals surface area contributed by atoms with E-state index in [2.05, 4.69) is 28.5 Å². The number of fused-ring (bicyclic) bond motifs is 1. The summed E-state index contributed by atoms with van der Waals surface area (Å²) in [7, 11) is 0. The highest BCUT2D eigenvalue weighted by Gasteiger charge is 2.60. The quantitative estimate of drug-likeness (QED) is 0.627. The number of hydrogen-bond acceptors (Lipinski definition) is 2. The van der Waals surface area contributed by atoms with E-state index in [1.54, 1.807) is 0 Å². The summed E-state index contributed by atoms with van der Waals surface area (Å²) in [5, 5.41) is 3.46. The number of guanidine groups is 1. The summed E-state index contributed by atoms with van der Waals surface area (Å²) < 4.78 is 0. The Hall–Kier alpha value is -1.97. The van der Waals surface area contributed by atoms with Gasteiger partial charge in [0.05, 0.1) is 6.54 Å². The van der Waals surface area contributed by atoms with Crippen molar-refractivity contribution in [1.29, 1.82) is 0 Å². The second kappa shape index (κ2) is 3.92. The number of anilines is 1. The number of amidine groups is 1. The van der Waals surface area contributed by atoms with E-state index in [1.807, 2.05) is 0 Å².